The lowest BCUT2D eigenvalue weighted by molar-refractivity contribution is 0.0730. The van der Waals surface area contributed by atoms with E-state index in [1.807, 2.05) is 31.2 Å². The molecule has 19 heavy (non-hydrogen) atoms. The Kier molecular flexibility index (Phi) is 4.22. The van der Waals surface area contributed by atoms with Gasteiger partial charge in [-0.3, -0.25) is 0 Å². The predicted molar refractivity (Wildman–Crippen MR) is 76.8 cm³/mol. The van der Waals surface area contributed by atoms with Gasteiger partial charge in [-0.15, -0.1) is 0 Å². The summed E-state index contributed by atoms with van der Waals surface area (Å²) in [6, 6.07) is 12.6. The maximum absolute atomic E-state index is 12.2. The summed E-state index contributed by atoms with van der Waals surface area (Å²) in [6.07, 6.45) is 0. The van der Waals surface area contributed by atoms with Crippen molar-refractivity contribution in [3.8, 4) is 11.5 Å². The van der Waals surface area contributed by atoms with Crippen molar-refractivity contribution in [1.29, 1.82) is 0 Å². The number of methoxy groups -OCH3 is 1. The van der Waals surface area contributed by atoms with Crippen molar-refractivity contribution in [2.75, 3.05) is 7.11 Å². The first-order valence-corrected chi connectivity index (χ1v) is 6.52. The van der Waals surface area contributed by atoms with Gasteiger partial charge in [0, 0.05) is 4.47 Å². The van der Waals surface area contributed by atoms with Crippen LogP contribution in [0, 0.1) is 6.92 Å². The monoisotopic (exact) mass is 320 g/mol. The molecule has 0 amide bonds. The number of ether oxygens (including phenoxy) is 2. The van der Waals surface area contributed by atoms with E-state index >= 15 is 0 Å². The van der Waals surface area contributed by atoms with Crippen molar-refractivity contribution in [1.82, 2.24) is 0 Å². The van der Waals surface area contributed by atoms with Crippen LogP contribution in [-0.4, -0.2) is 13.1 Å². The Hall–Kier alpha value is -1.81. The summed E-state index contributed by atoms with van der Waals surface area (Å²) in [5, 5.41) is 0. The van der Waals surface area contributed by atoms with E-state index in [9.17, 15) is 4.79 Å². The summed E-state index contributed by atoms with van der Waals surface area (Å²) in [4.78, 5) is 12.2. The van der Waals surface area contributed by atoms with E-state index in [2.05, 4.69) is 15.9 Å². The van der Waals surface area contributed by atoms with Gasteiger partial charge in [0.05, 0.1) is 7.11 Å². The molecule has 0 aliphatic carbocycles. The van der Waals surface area contributed by atoms with Crippen LogP contribution < -0.4 is 9.47 Å². The molecule has 2 rings (SSSR count). The summed E-state index contributed by atoms with van der Waals surface area (Å²) in [5.74, 6) is 0.581. The van der Waals surface area contributed by atoms with Crippen LogP contribution in [0.1, 0.15) is 15.9 Å². The first-order valence-electron chi connectivity index (χ1n) is 5.73. The largest absolute Gasteiger partial charge is 0.496 e. The van der Waals surface area contributed by atoms with E-state index in [4.69, 9.17) is 9.47 Å². The van der Waals surface area contributed by atoms with Crippen LogP contribution in [0.2, 0.25) is 0 Å². The summed E-state index contributed by atoms with van der Waals surface area (Å²) in [7, 11) is 1.53. The van der Waals surface area contributed by atoms with Gasteiger partial charge in [-0.25, -0.2) is 4.79 Å². The second-order valence-electron chi connectivity index (χ2n) is 4.00. The lowest BCUT2D eigenvalue weighted by Gasteiger charge is -2.11. The van der Waals surface area contributed by atoms with Gasteiger partial charge < -0.3 is 9.47 Å². The number of rotatable bonds is 3. The number of esters is 1. The Morgan fingerprint density at radius 2 is 1.84 bits per heavy atom. The normalized spacial score (nSPS) is 10.1. The van der Waals surface area contributed by atoms with Crippen LogP contribution >= 0.6 is 15.9 Å². The Bertz CT molecular complexity index is 594. The van der Waals surface area contributed by atoms with Gasteiger partial charge in [-0.1, -0.05) is 34.1 Å². The third-order valence-electron chi connectivity index (χ3n) is 2.64. The second-order valence-corrected chi connectivity index (χ2v) is 4.92. The summed E-state index contributed by atoms with van der Waals surface area (Å²) in [5.41, 5.74) is 1.24. The number of hydrogen-bond donors (Lipinski definition) is 0. The van der Waals surface area contributed by atoms with Crippen LogP contribution in [0.15, 0.2) is 46.9 Å². The molecule has 0 unspecified atom stereocenters. The molecular weight excluding hydrogens is 308 g/mol. The molecule has 2 aromatic rings. The molecule has 0 N–H and O–H groups in total. The highest BCUT2D eigenvalue weighted by Gasteiger charge is 2.18. The van der Waals surface area contributed by atoms with E-state index in [0.29, 0.717) is 17.1 Å². The van der Waals surface area contributed by atoms with Crippen LogP contribution in [0.5, 0.6) is 11.5 Å². The van der Waals surface area contributed by atoms with Crippen LogP contribution in [-0.2, 0) is 0 Å². The Balaban J connectivity index is 2.34. The fraction of sp³-hybridized carbons (Fsp3) is 0.133. The third-order valence-corrected chi connectivity index (χ3v) is 3.10. The van der Waals surface area contributed by atoms with Crippen LogP contribution in [0.4, 0.5) is 0 Å². The number of hydrogen-bond acceptors (Lipinski definition) is 3. The lowest BCUT2D eigenvalue weighted by Crippen LogP contribution is -2.12. The van der Waals surface area contributed by atoms with Crippen molar-refractivity contribution < 1.29 is 14.3 Å². The number of carbonyl (C=O) groups excluding carboxylic acids is 1. The molecule has 0 saturated carbocycles. The molecule has 3 nitrogen and oxygen atoms in total. The second kappa shape index (κ2) is 5.89. The number of benzene rings is 2. The van der Waals surface area contributed by atoms with E-state index in [1.165, 1.54) is 7.11 Å². The van der Waals surface area contributed by atoms with Gasteiger partial charge in [0.15, 0.2) is 0 Å². The van der Waals surface area contributed by atoms with Gasteiger partial charge in [0.25, 0.3) is 0 Å². The molecule has 0 heterocycles. The highest BCUT2D eigenvalue weighted by Crippen LogP contribution is 2.28. The highest BCUT2D eigenvalue weighted by atomic mass is 79.9. The quantitative estimate of drug-likeness (QED) is 0.633. The zero-order valence-corrected chi connectivity index (χ0v) is 12.2. The van der Waals surface area contributed by atoms with Crippen molar-refractivity contribution in [2.24, 2.45) is 0 Å². The average molecular weight is 321 g/mol. The van der Waals surface area contributed by atoms with Crippen molar-refractivity contribution >= 4 is 21.9 Å². The number of carbonyl (C=O) groups is 1. The number of aryl methyl sites for hydroxylation is 1. The summed E-state index contributed by atoms with van der Waals surface area (Å²) < 4.78 is 11.4. The highest BCUT2D eigenvalue weighted by molar-refractivity contribution is 9.10. The molecule has 0 radical (unpaired) electrons. The minimum absolute atomic E-state index is 0.423. The predicted octanol–water partition coefficient (Wildman–Crippen LogP) is 3.99. The fourth-order valence-corrected chi connectivity index (χ4v) is 2.33. The third kappa shape index (κ3) is 3.15. The first kappa shape index (κ1) is 13.6. The van der Waals surface area contributed by atoms with Gasteiger partial charge >= 0.3 is 5.97 Å². The molecule has 2 aromatic carbocycles. The number of halogens is 1. The van der Waals surface area contributed by atoms with Crippen molar-refractivity contribution in [3.05, 3.63) is 58.1 Å². The molecule has 0 spiro atoms. The van der Waals surface area contributed by atoms with Crippen molar-refractivity contribution in [3.63, 3.8) is 0 Å². The van der Waals surface area contributed by atoms with Crippen LogP contribution in [0.3, 0.4) is 0 Å². The maximum Gasteiger partial charge on any atom is 0.347 e. The molecule has 0 aliphatic rings. The van der Waals surface area contributed by atoms with Gasteiger partial charge in [0.1, 0.15) is 17.1 Å². The zero-order valence-electron chi connectivity index (χ0n) is 10.6. The minimum Gasteiger partial charge on any atom is -0.496 e. The van der Waals surface area contributed by atoms with Gasteiger partial charge in [-0.2, -0.15) is 0 Å². The molecule has 0 bridgehead atoms. The van der Waals surface area contributed by atoms with Crippen molar-refractivity contribution in [2.45, 2.75) is 6.92 Å². The Labute approximate surface area is 120 Å². The smallest absolute Gasteiger partial charge is 0.347 e. The van der Waals surface area contributed by atoms with E-state index in [1.54, 1.807) is 18.2 Å². The molecule has 4 heteroatoms. The molecule has 0 aliphatic heterocycles. The SMILES string of the molecule is COc1cc(Br)cc(C)c1C(=O)Oc1ccccc1. The maximum atomic E-state index is 12.2. The van der Waals surface area contributed by atoms with Gasteiger partial charge in [-0.05, 0) is 36.8 Å². The average Bonchev–Trinajstić information content (AvgIpc) is 2.38. The van der Waals surface area contributed by atoms with E-state index in [0.717, 1.165) is 10.0 Å². The summed E-state index contributed by atoms with van der Waals surface area (Å²) >= 11 is 3.37. The molecule has 0 saturated heterocycles. The molecule has 98 valence electrons. The number of para-hydroxylation sites is 1. The van der Waals surface area contributed by atoms with E-state index < -0.39 is 5.97 Å². The standard InChI is InChI=1S/C15H13BrO3/c1-10-8-11(16)9-13(18-2)14(10)15(17)19-12-6-4-3-5-7-12/h3-9H,1-2H3. The molecule has 0 atom stereocenters. The Morgan fingerprint density at radius 3 is 2.47 bits per heavy atom. The first-order chi connectivity index (χ1) is 9.11. The minimum atomic E-state index is -0.423. The summed E-state index contributed by atoms with van der Waals surface area (Å²) in [6.45, 7) is 1.84. The Morgan fingerprint density at radius 1 is 1.16 bits per heavy atom. The zero-order chi connectivity index (χ0) is 13.8. The lowest BCUT2D eigenvalue weighted by atomic mass is 10.1. The van der Waals surface area contributed by atoms with Gasteiger partial charge in [0.2, 0.25) is 0 Å². The fourth-order valence-electron chi connectivity index (χ4n) is 1.78. The topological polar surface area (TPSA) is 35.5 Å². The van der Waals surface area contributed by atoms with Crippen LogP contribution in [0.25, 0.3) is 0 Å². The molecular formula is C15H13BrO3. The van der Waals surface area contributed by atoms with E-state index in [-0.39, 0.29) is 0 Å². The molecule has 0 fully saturated rings. The molecule has 0 aromatic heterocycles.